The summed E-state index contributed by atoms with van der Waals surface area (Å²) < 4.78 is 15.9. The van der Waals surface area contributed by atoms with Gasteiger partial charge in [0.25, 0.3) is 5.91 Å². The molecule has 1 atom stereocenters. The second-order valence-electron chi connectivity index (χ2n) is 6.13. The van der Waals surface area contributed by atoms with Crippen molar-refractivity contribution >= 4 is 40.1 Å². The van der Waals surface area contributed by atoms with E-state index in [1.54, 1.807) is 6.92 Å². The van der Waals surface area contributed by atoms with Crippen molar-refractivity contribution in [1.29, 1.82) is 0 Å². The Morgan fingerprint density at radius 3 is 2.71 bits per heavy atom. The van der Waals surface area contributed by atoms with Crippen molar-refractivity contribution in [2.24, 2.45) is 0 Å². The third-order valence-corrected chi connectivity index (χ3v) is 4.45. The molecule has 3 N–H and O–H groups in total. The van der Waals surface area contributed by atoms with Gasteiger partial charge in [0.1, 0.15) is 22.7 Å². The lowest BCUT2D eigenvalue weighted by atomic mass is 10.2. The molecule has 3 rings (SSSR count). The number of amides is 1. The minimum absolute atomic E-state index is 0.0832. The first-order valence-corrected chi connectivity index (χ1v) is 8.84. The lowest BCUT2D eigenvalue weighted by molar-refractivity contribution is -0.125. The Morgan fingerprint density at radius 1 is 1.25 bits per heavy atom. The topological polar surface area (TPSA) is 104 Å². The molecule has 7 nitrogen and oxygen atoms in total. The van der Waals surface area contributed by atoms with Gasteiger partial charge in [0.05, 0.1) is 23.9 Å². The molecule has 0 unspecified atom stereocenters. The Kier molecular flexibility index (Phi) is 5.75. The number of hydrogen-bond donors (Lipinski definition) is 2. The number of halogens is 1. The number of esters is 1. The number of para-hydroxylation sites is 1. The van der Waals surface area contributed by atoms with E-state index in [0.29, 0.717) is 5.76 Å². The van der Waals surface area contributed by atoms with Crippen molar-refractivity contribution in [3.63, 3.8) is 0 Å². The first-order valence-electron chi connectivity index (χ1n) is 8.47. The highest BCUT2D eigenvalue weighted by molar-refractivity contribution is 6.33. The van der Waals surface area contributed by atoms with Gasteiger partial charge in [-0.15, -0.1) is 0 Å². The molecule has 0 saturated carbocycles. The Labute approximate surface area is 166 Å². The van der Waals surface area contributed by atoms with Crippen molar-refractivity contribution in [2.75, 3.05) is 19.5 Å². The number of nitrogens with one attached hydrogen (secondary N) is 1. The molecule has 0 aliphatic carbocycles. The molecular formula is C20H19ClN2O5. The summed E-state index contributed by atoms with van der Waals surface area (Å²) in [7, 11) is 1.39. The van der Waals surface area contributed by atoms with E-state index in [2.05, 4.69) is 5.32 Å². The van der Waals surface area contributed by atoms with Crippen LogP contribution < -0.4 is 15.8 Å². The summed E-state index contributed by atoms with van der Waals surface area (Å²) in [5.74, 6) is -0.400. The molecule has 0 fully saturated rings. The van der Waals surface area contributed by atoms with E-state index in [1.807, 2.05) is 30.3 Å². The van der Waals surface area contributed by atoms with Gasteiger partial charge in [0.2, 0.25) is 0 Å². The van der Waals surface area contributed by atoms with Gasteiger partial charge >= 0.3 is 5.97 Å². The highest BCUT2D eigenvalue weighted by Crippen LogP contribution is 2.29. The third kappa shape index (κ3) is 4.20. The summed E-state index contributed by atoms with van der Waals surface area (Å²) in [6.45, 7) is 1.31. The molecule has 0 aliphatic rings. The summed E-state index contributed by atoms with van der Waals surface area (Å²) in [5.41, 5.74) is 6.78. The lowest BCUT2D eigenvalue weighted by Crippen LogP contribution is -2.31. The fourth-order valence-electron chi connectivity index (χ4n) is 2.68. The molecule has 0 saturated heterocycles. The van der Waals surface area contributed by atoms with Gasteiger partial charge in [0.15, 0.2) is 6.61 Å². The number of nitrogens with two attached hydrogens (primary N) is 1. The van der Waals surface area contributed by atoms with Crippen LogP contribution in [-0.4, -0.2) is 25.6 Å². The third-order valence-electron chi connectivity index (χ3n) is 4.12. The number of fused-ring (bicyclic) bond motifs is 1. The molecule has 146 valence electrons. The van der Waals surface area contributed by atoms with Crippen LogP contribution in [0.25, 0.3) is 11.0 Å². The number of nitrogen functional groups attached to an aromatic ring is 1. The van der Waals surface area contributed by atoms with E-state index in [-0.39, 0.29) is 28.1 Å². The number of hydrogen-bond acceptors (Lipinski definition) is 6. The number of furan rings is 1. The van der Waals surface area contributed by atoms with Crippen LogP contribution in [0.5, 0.6) is 5.75 Å². The van der Waals surface area contributed by atoms with E-state index in [1.165, 1.54) is 19.2 Å². The fourth-order valence-corrected chi connectivity index (χ4v) is 2.84. The summed E-state index contributed by atoms with van der Waals surface area (Å²) in [6, 6.07) is 11.8. The number of methoxy groups -OCH3 is 1. The SMILES string of the molecule is COc1cc(N)c(Cl)cc1C(=O)OCC(=O)N[C@H](C)c1cc2ccccc2o1. The molecule has 8 heteroatoms. The maximum absolute atomic E-state index is 12.3. The van der Waals surface area contributed by atoms with Crippen LogP contribution in [0.2, 0.25) is 5.02 Å². The van der Waals surface area contributed by atoms with E-state index in [9.17, 15) is 9.59 Å². The van der Waals surface area contributed by atoms with Crippen molar-refractivity contribution in [2.45, 2.75) is 13.0 Å². The predicted octanol–water partition coefficient (Wildman–Crippen LogP) is 3.71. The van der Waals surface area contributed by atoms with Gasteiger partial charge in [-0.25, -0.2) is 4.79 Å². The van der Waals surface area contributed by atoms with Gasteiger partial charge < -0.3 is 24.9 Å². The molecule has 1 heterocycles. The molecule has 0 spiro atoms. The largest absolute Gasteiger partial charge is 0.496 e. The van der Waals surface area contributed by atoms with Gasteiger partial charge in [-0.2, -0.15) is 0 Å². The quantitative estimate of drug-likeness (QED) is 0.481. The van der Waals surface area contributed by atoms with E-state index < -0.39 is 18.5 Å². The van der Waals surface area contributed by atoms with E-state index in [0.717, 1.165) is 11.0 Å². The second-order valence-corrected chi connectivity index (χ2v) is 6.53. The Morgan fingerprint density at radius 2 is 2.00 bits per heavy atom. The highest BCUT2D eigenvalue weighted by atomic mass is 35.5. The molecule has 0 bridgehead atoms. The van der Waals surface area contributed by atoms with Crippen molar-refractivity contribution in [1.82, 2.24) is 5.32 Å². The smallest absolute Gasteiger partial charge is 0.342 e. The number of benzene rings is 2. The van der Waals surface area contributed by atoms with Crippen LogP contribution in [0.15, 0.2) is 46.9 Å². The first kappa shape index (κ1) is 19.6. The van der Waals surface area contributed by atoms with Gasteiger partial charge in [-0.1, -0.05) is 29.8 Å². The molecule has 28 heavy (non-hydrogen) atoms. The molecule has 0 aliphatic heterocycles. The summed E-state index contributed by atoms with van der Waals surface area (Å²) >= 11 is 5.94. The van der Waals surface area contributed by atoms with Crippen LogP contribution in [0, 0.1) is 0 Å². The van der Waals surface area contributed by atoms with Crippen LogP contribution in [-0.2, 0) is 9.53 Å². The number of ether oxygens (including phenoxy) is 2. The minimum atomic E-state index is -0.745. The monoisotopic (exact) mass is 402 g/mol. The zero-order valence-electron chi connectivity index (χ0n) is 15.3. The Hall–Kier alpha value is -3.19. The highest BCUT2D eigenvalue weighted by Gasteiger charge is 2.19. The normalized spacial score (nSPS) is 11.8. The van der Waals surface area contributed by atoms with Crippen LogP contribution >= 0.6 is 11.6 Å². The molecule has 1 amide bonds. The second kappa shape index (κ2) is 8.22. The van der Waals surface area contributed by atoms with Crippen molar-refractivity contribution in [3.8, 4) is 5.75 Å². The summed E-state index contributed by atoms with van der Waals surface area (Å²) in [6.07, 6.45) is 0. The fraction of sp³-hybridized carbons (Fsp3) is 0.200. The molecule has 1 aromatic heterocycles. The zero-order valence-corrected chi connectivity index (χ0v) is 16.1. The average molecular weight is 403 g/mol. The van der Waals surface area contributed by atoms with Gasteiger partial charge in [-0.3, -0.25) is 4.79 Å². The van der Waals surface area contributed by atoms with Gasteiger partial charge in [0, 0.05) is 11.5 Å². The van der Waals surface area contributed by atoms with Crippen molar-refractivity contribution in [3.05, 3.63) is 58.8 Å². The lowest BCUT2D eigenvalue weighted by Gasteiger charge is -2.13. The number of carbonyl (C=O) groups is 2. The zero-order chi connectivity index (χ0) is 20.3. The van der Waals surface area contributed by atoms with Gasteiger partial charge in [-0.05, 0) is 25.1 Å². The average Bonchev–Trinajstić information content (AvgIpc) is 3.12. The van der Waals surface area contributed by atoms with Crippen LogP contribution in [0.3, 0.4) is 0 Å². The Bertz CT molecular complexity index is 998. The molecule has 3 aromatic rings. The number of rotatable bonds is 6. The summed E-state index contributed by atoms with van der Waals surface area (Å²) in [5, 5.41) is 3.86. The molecular weight excluding hydrogens is 384 g/mol. The molecule has 2 aromatic carbocycles. The van der Waals surface area contributed by atoms with E-state index >= 15 is 0 Å². The minimum Gasteiger partial charge on any atom is -0.496 e. The number of anilines is 1. The predicted molar refractivity (Wildman–Crippen MR) is 105 cm³/mol. The standard InChI is InChI=1S/C20H19ClN2O5/c1-11(17-7-12-5-3-4-6-16(12)28-17)23-19(24)10-27-20(25)13-8-14(21)15(22)9-18(13)26-2/h3-9,11H,10,22H2,1-2H3,(H,23,24)/t11-/m1/s1. The maximum atomic E-state index is 12.3. The number of carbonyl (C=O) groups excluding carboxylic acids is 2. The Balaban J connectivity index is 1.61. The first-order chi connectivity index (χ1) is 13.4. The molecule has 0 radical (unpaired) electrons. The van der Waals surface area contributed by atoms with Crippen molar-refractivity contribution < 1.29 is 23.5 Å². The van der Waals surface area contributed by atoms with Crippen LogP contribution in [0.1, 0.15) is 29.1 Å². The maximum Gasteiger partial charge on any atom is 0.342 e. The summed E-state index contributed by atoms with van der Waals surface area (Å²) in [4.78, 5) is 24.4. The van der Waals surface area contributed by atoms with Crippen LogP contribution in [0.4, 0.5) is 5.69 Å². The van der Waals surface area contributed by atoms with E-state index in [4.69, 9.17) is 31.2 Å².